The van der Waals surface area contributed by atoms with Crippen LogP contribution in [0.3, 0.4) is 0 Å². The molecule has 106 valence electrons. The van der Waals surface area contributed by atoms with Gasteiger partial charge in [0.2, 0.25) is 11.8 Å². The first kappa shape index (κ1) is 12.7. The second kappa shape index (κ2) is 4.66. The van der Waals surface area contributed by atoms with Crippen molar-refractivity contribution in [1.29, 1.82) is 0 Å². The van der Waals surface area contributed by atoms with Crippen LogP contribution in [-0.2, 0) is 9.59 Å². The van der Waals surface area contributed by atoms with Gasteiger partial charge in [-0.3, -0.25) is 14.4 Å². The number of nitrogens with zero attached hydrogens (tertiary/aromatic N) is 2. The van der Waals surface area contributed by atoms with Crippen LogP contribution in [0.5, 0.6) is 0 Å². The predicted octanol–water partition coefficient (Wildman–Crippen LogP) is -0.814. The maximum atomic E-state index is 12.0. The number of hydrogen-bond acceptors (Lipinski definition) is 3. The van der Waals surface area contributed by atoms with E-state index < -0.39 is 6.04 Å². The summed E-state index contributed by atoms with van der Waals surface area (Å²) in [4.78, 5) is 41.7. The number of nitrogens with one attached hydrogen (secondary N) is 2. The van der Waals surface area contributed by atoms with E-state index in [4.69, 9.17) is 0 Å². The molecule has 2 atom stereocenters. The highest BCUT2D eigenvalue weighted by Crippen LogP contribution is 2.23. The van der Waals surface area contributed by atoms with Crippen molar-refractivity contribution in [2.75, 3.05) is 20.1 Å². The van der Waals surface area contributed by atoms with Crippen LogP contribution in [0.25, 0.3) is 0 Å². The lowest BCUT2D eigenvalue weighted by Crippen LogP contribution is -2.55. The van der Waals surface area contributed by atoms with Crippen LogP contribution in [0.15, 0.2) is 18.3 Å². The number of H-pyrrole nitrogens is 1. The molecule has 0 aromatic carbocycles. The molecule has 3 rings (SSSR count). The minimum atomic E-state index is -0.435. The van der Waals surface area contributed by atoms with Crippen LogP contribution >= 0.6 is 0 Å². The molecule has 0 saturated carbocycles. The Kier molecular flexibility index (Phi) is 2.96. The van der Waals surface area contributed by atoms with E-state index in [1.165, 1.54) is 4.90 Å². The lowest BCUT2D eigenvalue weighted by molar-refractivity contribution is -0.152. The topological polar surface area (TPSA) is 85.5 Å². The largest absolute Gasteiger partial charge is 0.357 e. The van der Waals surface area contributed by atoms with Gasteiger partial charge < -0.3 is 20.1 Å². The first-order valence-electron chi connectivity index (χ1n) is 6.55. The summed E-state index contributed by atoms with van der Waals surface area (Å²) in [6.07, 6.45) is 2.15. The fourth-order valence-corrected chi connectivity index (χ4v) is 2.81. The number of carbonyl (C=O) groups is 3. The molecule has 1 aromatic heterocycles. The molecule has 20 heavy (non-hydrogen) atoms. The molecule has 2 fully saturated rings. The van der Waals surface area contributed by atoms with E-state index in [1.54, 1.807) is 30.3 Å². The molecule has 0 bridgehead atoms. The maximum Gasteiger partial charge on any atom is 0.267 e. The molecule has 0 unspecified atom stereocenters. The van der Waals surface area contributed by atoms with Crippen LogP contribution in [0.2, 0.25) is 0 Å². The first-order chi connectivity index (χ1) is 9.56. The Morgan fingerprint density at radius 1 is 1.45 bits per heavy atom. The number of aromatic amines is 1. The highest BCUT2D eigenvalue weighted by Gasteiger charge is 2.44. The first-order valence-corrected chi connectivity index (χ1v) is 6.55. The molecule has 1 aromatic rings. The normalized spacial score (nSPS) is 25.9. The van der Waals surface area contributed by atoms with Crippen LogP contribution < -0.4 is 5.32 Å². The van der Waals surface area contributed by atoms with E-state index in [0.717, 1.165) is 0 Å². The molecule has 2 N–H and O–H groups in total. The van der Waals surface area contributed by atoms with Crippen LogP contribution in [0, 0.1) is 0 Å². The number of fused-ring (bicyclic) bond motifs is 1. The summed E-state index contributed by atoms with van der Waals surface area (Å²) in [7, 11) is 1.63. The molecule has 0 radical (unpaired) electrons. The molecule has 3 amide bonds. The molecule has 7 heteroatoms. The third kappa shape index (κ3) is 2.04. The second-order valence-electron chi connectivity index (χ2n) is 5.25. The summed E-state index contributed by atoms with van der Waals surface area (Å²) in [6, 6.07) is 2.81. The third-order valence-corrected chi connectivity index (χ3v) is 3.83. The van der Waals surface area contributed by atoms with Crippen LogP contribution in [0.4, 0.5) is 0 Å². The lowest BCUT2D eigenvalue weighted by atomic mass is 10.1. The van der Waals surface area contributed by atoms with E-state index in [9.17, 15) is 14.4 Å². The Morgan fingerprint density at radius 3 is 2.95 bits per heavy atom. The molecule has 3 heterocycles. The lowest BCUT2D eigenvalue weighted by Gasteiger charge is -2.33. The Balaban J connectivity index is 1.68. The van der Waals surface area contributed by atoms with Crippen LogP contribution in [0.1, 0.15) is 16.9 Å². The summed E-state index contributed by atoms with van der Waals surface area (Å²) < 4.78 is 0. The smallest absolute Gasteiger partial charge is 0.267 e. The Hall–Kier alpha value is -2.31. The van der Waals surface area contributed by atoms with Crippen molar-refractivity contribution in [3.05, 3.63) is 24.0 Å². The molecule has 0 spiro atoms. The standard InChI is InChI=1S/C13H16N4O3/c1-16-7-11(18)17-6-8(5-10(17)13(16)20)15-12(19)9-3-2-4-14-9/h2-4,8,10,14H,5-7H2,1H3,(H,15,19)/t8-,10-/m0/s1. The summed E-state index contributed by atoms with van der Waals surface area (Å²) in [5.74, 6) is -0.331. The van der Waals surface area contributed by atoms with Crippen molar-refractivity contribution < 1.29 is 14.4 Å². The molecule has 2 aliphatic heterocycles. The van der Waals surface area contributed by atoms with E-state index in [-0.39, 0.29) is 30.3 Å². The second-order valence-corrected chi connectivity index (χ2v) is 5.25. The van der Waals surface area contributed by atoms with Crippen molar-refractivity contribution in [3.63, 3.8) is 0 Å². The summed E-state index contributed by atoms with van der Waals surface area (Å²) in [6.45, 7) is 0.516. The summed E-state index contributed by atoms with van der Waals surface area (Å²) in [5.41, 5.74) is 0.477. The number of carbonyl (C=O) groups excluding carboxylic acids is 3. The van der Waals surface area contributed by atoms with Gasteiger partial charge in [0, 0.05) is 25.8 Å². The van der Waals surface area contributed by atoms with Crippen molar-refractivity contribution in [3.8, 4) is 0 Å². The number of aromatic nitrogens is 1. The van der Waals surface area contributed by atoms with E-state index >= 15 is 0 Å². The number of likely N-dealkylation sites (N-methyl/N-ethyl adjacent to an activating group) is 1. The summed E-state index contributed by atoms with van der Waals surface area (Å²) in [5, 5.41) is 2.86. The van der Waals surface area contributed by atoms with E-state index in [1.807, 2.05) is 0 Å². The van der Waals surface area contributed by atoms with Gasteiger partial charge in [0.15, 0.2) is 0 Å². The Labute approximate surface area is 115 Å². The predicted molar refractivity (Wildman–Crippen MR) is 69.8 cm³/mol. The van der Waals surface area contributed by atoms with Crippen LogP contribution in [-0.4, -0.2) is 64.7 Å². The summed E-state index contributed by atoms with van der Waals surface area (Å²) >= 11 is 0. The van der Waals surface area contributed by atoms with Gasteiger partial charge in [-0.2, -0.15) is 0 Å². The van der Waals surface area contributed by atoms with Gasteiger partial charge in [0.25, 0.3) is 5.91 Å². The van der Waals surface area contributed by atoms with Crippen molar-refractivity contribution in [2.24, 2.45) is 0 Å². The molecule has 2 saturated heterocycles. The van der Waals surface area contributed by atoms with Gasteiger partial charge in [0.05, 0.1) is 6.54 Å². The van der Waals surface area contributed by atoms with E-state index in [0.29, 0.717) is 18.7 Å². The minimum absolute atomic E-state index is 0.0544. The number of rotatable bonds is 2. The van der Waals surface area contributed by atoms with E-state index in [2.05, 4.69) is 10.3 Å². The zero-order valence-corrected chi connectivity index (χ0v) is 11.1. The molecule has 0 aliphatic carbocycles. The van der Waals surface area contributed by atoms with Gasteiger partial charge in [-0.1, -0.05) is 0 Å². The Morgan fingerprint density at radius 2 is 2.25 bits per heavy atom. The zero-order chi connectivity index (χ0) is 14.3. The Bertz CT molecular complexity index is 554. The number of amides is 3. The van der Waals surface area contributed by atoms with Gasteiger partial charge in [-0.25, -0.2) is 0 Å². The van der Waals surface area contributed by atoms with Crippen molar-refractivity contribution in [1.82, 2.24) is 20.1 Å². The molecular weight excluding hydrogens is 260 g/mol. The fraction of sp³-hybridized carbons (Fsp3) is 0.462. The number of hydrogen-bond donors (Lipinski definition) is 2. The quantitative estimate of drug-likeness (QED) is 0.740. The highest BCUT2D eigenvalue weighted by atomic mass is 16.2. The average molecular weight is 276 g/mol. The van der Waals surface area contributed by atoms with Gasteiger partial charge in [-0.05, 0) is 18.6 Å². The SMILES string of the molecule is CN1CC(=O)N2C[C@@H](NC(=O)c3ccc[nH]3)C[C@H]2C1=O. The average Bonchev–Trinajstić information content (AvgIpc) is 3.05. The van der Waals surface area contributed by atoms with Crippen molar-refractivity contribution in [2.45, 2.75) is 18.5 Å². The highest BCUT2D eigenvalue weighted by molar-refractivity contribution is 5.96. The zero-order valence-electron chi connectivity index (χ0n) is 11.1. The third-order valence-electron chi connectivity index (χ3n) is 3.83. The van der Waals surface area contributed by atoms with Gasteiger partial charge in [0.1, 0.15) is 11.7 Å². The molecule has 2 aliphatic rings. The fourth-order valence-electron chi connectivity index (χ4n) is 2.81. The van der Waals surface area contributed by atoms with Gasteiger partial charge in [-0.15, -0.1) is 0 Å². The number of piperazine rings is 1. The van der Waals surface area contributed by atoms with Gasteiger partial charge >= 0.3 is 0 Å². The van der Waals surface area contributed by atoms with Crippen molar-refractivity contribution >= 4 is 17.7 Å². The maximum absolute atomic E-state index is 12.0. The minimum Gasteiger partial charge on any atom is -0.357 e. The molecular formula is C13H16N4O3. The monoisotopic (exact) mass is 276 g/mol. The molecule has 7 nitrogen and oxygen atoms in total.